The molecule has 18 heavy (non-hydrogen) atoms. The van der Waals surface area contributed by atoms with Gasteiger partial charge in [0.2, 0.25) is 0 Å². The number of hydrogen-bond acceptors (Lipinski definition) is 3. The van der Waals surface area contributed by atoms with Gasteiger partial charge in [-0.3, -0.25) is 0 Å². The first-order valence-corrected chi connectivity index (χ1v) is 6.40. The Morgan fingerprint density at radius 2 is 2.22 bits per heavy atom. The number of carbonyl (C=O) groups is 1. The van der Waals surface area contributed by atoms with Crippen LogP contribution in [-0.4, -0.2) is 23.7 Å². The van der Waals surface area contributed by atoms with Crippen LogP contribution in [0.3, 0.4) is 0 Å². The number of benzene rings is 1. The summed E-state index contributed by atoms with van der Waals surface area (Å²) in [5, 5.41) is 9.29. The molecule has 1 aliphatic rings. The van der Waals surface area contributed by atoms with Gasteiger partial charge in [-0.05, 0) is 37.0 Å². The summed E-state index contributed by atoms with van der Waals surface area (Å²) < 4.78 is 0. The maximum Gasteiger partial charge on any atom is 0.337 e. The first kappa shape index (κ1) is 12.7. The topological polar surface area (TPSA) is 66.6 Å². The fraction of sp³-hybridized carbons (Fsp3) is 0.500. The number of nitrogen functional groups attached to an aromatic ring is 1. The van der Waals surface area contributed by atoms with Crippen molar-refractivity contribution in [3.8, 4) is 0 Å². The van der Waals surface area contributed by atoms with Gasteiger partial charge in [-0.1, -0.05) is 13.8 Å². The first-order valence-electron chi connectivity index (χ1n) is 6.40. The molecule has 3 N–H and O–H groups in total. The second-order valence-corrected chi connectivity index (χ2v) is 5.23. The molecule has 1 saturated heterocycles. The maximum atomic E-state index is 11.3. The van der Waals surface area contributed by atoms with E-state index in [1.165, 1.54) is 0 Å². The number of anilines is 2. The highest BCUT2D eigenvalue weighted by Crippen LogP contribution is 2.33. The zero-order valence-electron chi connectivity index (χ0n) is 10.9. The van der Waals surface area contributed by atoms with Gasteiger partial charge in [0, 0.05) is 18.3 Å². The summed E-state index contributed by atoms with van der Waals surface area (Å²) >= 11 is 0. The van der Waals surface area contributed by atoms with Gasteiger partial charge in [-0.15, -0.1) is 0 Å². The van der Waals surface area contributed by atoms with Crippen LogP contribution >= 0.6 is 0 Å². The predicted molar refractivity (Wildman–Crippen MR) is 73.0 cm³/mol. The molecule has 2 rings (SSSR count). The van der Waals surface area contributed by atoms with Crippen molar-refractivity contribution in [1.82, 2.24) is 0 Å². The highest BCUT2D eigenvalue weighted by molar-refractivity contribution is 5.95. The number of nitrogens with two attached hydrogens (primary N) is 1. The smallest absolute Gasteiger partial charge is 0.337 e. The third kappa shape index (κ3) is 2.28. The third-order valence-corrected chi connectivity index (χ3v) is 3.63. The summed E-state index contributed by atoms with van der Waals surface area (Å²) in [6.45, 7) is 5.29. The average molecular weight is 248 g/mol. The van der Waals surface area contributed by atoms with Gasteiger partial charge >= 0.3 is 5.97 Å². The molecule has 4 nitrogen and oxygen atoms in total. The molecule has 98 valence electrons. The van der Waals surface area contributed by atoms with E-state index in [1.54, 1.807) is 12.1 Å². The molecular weight excluding hydrogens is 228 g/mol. The van der Waals surface area contributed by atoms with E-state index in [1.807, 2.05) is 6.07 Å². The number of hydrogen-bond donors (Lipinski definition) is 2. The van der Waals surface area contributed by atoms with Gasteiger partial charge in [0.25, 0.3) is 0 Å². The molecule has 1 unspecified atom stereocenters. The lowest BCUT2D eigenvalue weighted by Crippen LogP contribution is -2.34. The van der Waals surface area contributed by atoms with Crippen LogP contribution in [0.5, 0.6) is 0 Å². The average Bonchev–Trinajstić information content (AvgIpc) is 2.77. The molecule has 1 atom stereocenters. The Bertz CT molecular complexity index is 457. The minimum absolute atomic E-state index is 0.308. The van der Waals surface area contributed by atoms with Crippen molar-refractivity contribution >= 4 is 17.3 Å². The van der Waals surface area contributed by atoms with Crippen LogP contribution in [0.1, 0.15) is 37.0 Å². The second kappa shape index (κ2) is 4.88. The molecule has 0 amide bonds. The van der Waals surface area contributed by atoms with Crippen molar-refractivity contribution in [2.75, 3.05) is 17.2 Å². The van der Waals surface area contributed by atoms with Crippen molar-refractivity contribution in [2.45, 2.75) is 32.7 Å². The Kier molecular flexibility index (Phi) is 3.45. The van der Waals surface area contributed by atoms with Crippen molar-refractivity contribution < 1.29 is 9.90 Å². The summed E-state index contributed by atoms with van der Waals surface area (Å²) in [5.41, 5.74) is 7.28. The number of aromatic carboxylic acids is 1. The lowest BCUT2D eigenvalue weighted by atomic mass is 10.0. The van der Waals surface area contributed by atoms with E-state index in [-0.39, 0.29) is 0 Å². The molecular formula is C14H20N2O2. The Balaban J connectivity index is 2.41. The van der Waals surface area contributed by atoms with E-state index in [2.05, 4.69) is 18.7 Å². The van der Waals surface area contributed by atoms with E-state index in [4.69, 9.17) is 5.73 Å². The van der Waals surface area contributed by atoms with Gasteiger partial charge in [-0.2, -0.15) is 0 Å². The number of carboxylic acid groups (broad SMARTS) is 1. The van der Waals surface area contributed by atoms with Crippen LogP contribution < -0.4 is 10.6 Å². The molecule has 0 saturated carbocycles. The van der Waals surface area contributed by atoms with Crippen LogP contribution in [0.25, 0.3) is 0 Å². The maximum absolute atomic E-state index is 11.3. The zero-order valence-corrected chi connectivity index (χ0v) is 10.9. The lowest BCUT2D eigenvalue weighted by Gasteiger charge is -2.30. The first-order chi connectivity index (χ1) is 8.50. The van der Waals surface area contributed by atoms with Gasteiger partial charge in [-0.25, -0.2) is 4.79 Å². The molecule has 1 heterocycles. The number of rotatable bonds is 3. The van der Waals surface area contributed by atoms with E-state index in [0.29, 0.717) is 23.2 Å². The Labute approximate surface area is 107 Å². The monoisotopic (exact) mass is 248 g/mol. The highest BCUT2D eigenvalue weighted by Gasteiger charge is 2.29. The minimum atomic E-state index is -0.910. The van der Waals surface area contributed by atoms with Crippen molar-refractivity contribution in [2.24, 2.45) is 5.92 Å². The Morgan fingerprint density at radius 3 is 2.83 bits per heavy atom. The lowest BCUT2D eigenvalue weighted by molar-refractivity contribution is 0.0697. The molecule has 4 heteroatoms. The largest absolute Gasteiger partial charge is 0.478 e. The molecule has 0 aromatic heterocycles. The van der Waals surface area contributed by atoms with Gasteiger partial charge in [0.1, 0.15) is 0 Å². The van der Waals surface area contributed by atoms with Crippen LogP contribution in [0.15, 0.2) is 18.2 Å². The van der Waals surface area contributed by atoms with Crippen molar-refractivity contribution in [3.63, 3.8) is 0 Å². The van der Waals surface area contributed by atoms with E-state index < -0.39 is 5.97 Å². The number of nitrogens with zero attached hydrogens (tertiary/aromatic N) is 1. The normalized spacial score (nSPS) is 19.5. The SMILES string of the molecule is CC(C)C1CCCN1c1ccc(N)cc1C(=O)O. The highest BCUT2D eigenvalue weighted by atomic mass is 16.4. The van der Waals surface area contributed by atoms with Crippen LogP contribution in [-0.2, 0) is 0 Å². The summed E-state index contributed by atoms with van der Waals surface area (Å²) in [4.78, 5) is 13.5. The molecule has 1 aliphatic heterocycles. The fourth-order valence-electron chi connectivity index (χ4n) is 2.76. The van der Waals surface area contributed by atoms with Crippen molar-refractivity contribution in [1.29, 1.82) is 0 Å². The van der Waals surface area contributed by atoms with Gasteiger partial charge in [0.05, 0.1) is 11.3 Å². The minimum Gasteiger partial charge on any atom is -0.478 e. The summed E-state index contributed by atoms with van der Waals surface area (Å²) in [6.07, 6.45) is 2.24. The standard InChI is InChI=1S/C14H20N2O2/c1-9(2)12-4-3-7-16(12)13-6-5-10(15)8-11(13)14(17)18/h5-6,8-9,12H,3-4,7,15H2,1-2H3,(H,17,18). The zero-order chi connectivity index (χ0) is 13.3. The molecule has 0 bridgehead atoms. The van der Waals surface area contributed by atoms with Crippen LogP contribution in [0.4, 0.5) is 11.4 Å². The van der Waals surface area contributed by atoms with E-state index in [9.17, 15) is 9.90 Å². The predicted octanol–water partition coefficient (Wildman–Crippen LogP) is 2.59. The summed E-state index contributed by atoms with van der Waals surface area (Å²) in [6, 6.07) is 5.58. The Morgan fingerprint density at radius 1 is 1.50 bits per heavy atom. The second-order valence-electron chi connectivity index (χ2n) is 5.23. The molecule has 0 radical (unpaired) electrons. The summed E-state index contributed by atoms with van der Waals surface area (Å²) in [7, 11) is 0. The quantitative estimate of drug-likeness (QED) is 0.807. The van der Waals surface area contributed by atoms with E-state index >= 15 is 0 Å². The van der Waals surface area contributed by atoms with Crippen molar-refractivity contribution in [3.05, 3.63) is 23.8 Å². The molecule has 0 spiro atoms. The Hall–Kier alpha value is -1.71. The molecule has 0 aliphatic carbocycles. The molecule has 1 aromatic carbocycles. The summed E-state index contributed by atoms with van der Waals surface area (Å²) in [5.74, 6) is -0.390. The van der Waals surface area contributed by atoms with E-state index in [0.717, 1.165) is 25.1 Å². The molecule has 1 fully saturated rings. The third-order valence-electron chi connectivity index (χ3n) is 3.63. The number of carboxylic acids is 1. The van der Waals surface area contributed by atoms with Gasteiger partial charge in [0.15, 0.2) is 0 Å². The fourth-order valence-corrected chi connectivity index (χ4v) is 2.76. The molecule has 1 aromatic rings. The van der Waals surface area contributed by atoms with Gasteiger partial charge < -0.3 is 15.7 Å². The van der Waals surface area contributed by atoms with Crippen LogP contribution in [0, 0.1) is 5.92 Å². The van der Waals surface area contributed by atoms with Crippen LogP contribution in [0.2, 0.25) is 0 Å².